The summed E-state index contributed by atoms with van der Waals surface area (Å²) in [6.45, 7) is 8.83. The van der Waals surface area contributed by atoms with Crippen LogP contribution in [0.25, 0.3) is 11.0 Å². The van der Waals surface area contributed by atoms with Gasteiger partial charge in [0.1, 0.15) is 31.3 Å². The van der Waals surface area contributed by atoms with Crippen LogP contribution in [-0.2, 0) is 17.7 Å². The molecule has 5 heteroatoms. The standard InChI is InChI=1S/C25H30N2O3/c1-3-19-9-10-22-21(16-24(28)30-23(22)15-19)17-26-18(2)25(20-7-5-4-6-8-20)27-11-13-29-14-12-27/h4-10,15-16,18,25-26H,3,11-14,17H2,1-2H3/p+2/t18-,25+/m0/s1. The molecule has 0 bridgehead atoms. The Morgan fingerprint density at radius 3 is 2.57 bits per heavy atom. The van der Waals surface area contributed by atoms with Gasteiger partial charge in [-0.05, 0) is 25.0 Å². The highest BCUT2D eigenvalue weighted by Gasteiger charge is 2.33. The Morgan fingerprint density at radius 1 is 1.07 bits per heavy atom. The van der Waals surface area contributed by atoms with Crippen LogP contribution < -0.4 is 15.8 Å². The van der Waals surface area contributed by atoms with Crippen LogP contribution in [0.3, 0.4) is 0 Å². The summed E-state index contributed by atoms with van der Waals surface area (Å²) in [6, 6.07) is 19.4. The van der Waals surface area contributed by atoms with E-state index in [0.29, 0.717) is 17.7 Å². The highest BCUT2D eigenvalue weighted by Crippen LogP contribution is 2.19. The Balaban J connectivity index is 1.57. The van der Waals surface area contributed by atoms with Gasteiger partial charge in [-0.2, -0.15) is 0 Å². The Bertz CT molecular complexity index is 1030. The third-order valence-corrected chi connectivity index (χ3v) is 6.27. The molecule has 158 valence electrons. The van der Waals surface area contributed by atoms with Crippen molar-refractivity contribution in [2.75, 3.05) is 26.3 Å². The van der Waals surface area contributed by atoms with Crippen molar-refractivity contribution in [2.45, 2.75) is 38.9 Å². The molecule has 2 heterocycles. The van der Waals surface area contributed by atoms with E-state index in [-0.39, 0.29) is 5.63 Å². The molecule has 1 fully saturated rings. The largest absolute Gasteiger partial charge is 0.423 e. The lowest BCUT2D eigenvalue weighted by Crippen LogP contribution is -3.17. The number of hydrogen-bond acceptors (Lipinski definition) is 3. The first-order valence-corrected chi connectivity index (χ1v) is 11.0. The number of benzene rings is 2. The Hall–Kier alpha value is -2.47. The van der Waals surface area contributed by atoms with Gasteiger partial charge in [0, 0.05) is 22.6 Å². The van der Waals surface area contributed by atoms with Crippen molar-refractivity contribution in [1.29, 1.82) is 0 Å². The zero-order chi connectivity index (χ0) is 20.9. The van der Waals surface area contributed by atoms with Crippen LogP contribution in [0.4, 0.5) is 0 Å². The topological polar surface area (TPSA) is 60.5 Å². The fourth-order valence-corrected chi connectivity index (χ4v) is 4.63. The maximum absolute atomic E-state index is 12.2. The molecule has 0 spiro atoms. The summed E-state index contributed by atoms with van der Waals surface area (Å²) in [6.07, 6.45) is 0.925. The van der Waals surface area contributed by atoms with Gasteiger partial charge in [0.2, 0.25) is 0 Å². The summed E-state index contributed by atoms with van der Waals surface area (Å²) in [5.41, 5.74) is 4.00. The van der Waals surface area contributed by atoms with Gasteiger partial charge in [-0.1, -0.05) is 49.4 Å². The maximum Gasteiger partial charge on any atom is 0.336 e. The molecule has 4 rings (SSSR count). The van der Waals surface area contributed by atoms with E-state index in [1.165, 1.54) is 11.1 Å². The van der Waals surface area contributed by atoms with Gasteiger partial charge in [-0.3, -0.25) is 0 Å². The average molecular weight is 409 g/mol. The summed E-state index contributed by atoms with van der Waals surface area (Å²) < 4.78 is 11.1. The van der Waals surface area contributed by atoms with E-state index in [1.54, 1.807) is 11.0 Å². The summed E-state index contributed by atoms with van der Waals surface area (Å²) >= 11 is 0. The van der Waals surface area contributed by atoms with Gasteiger partial charge in [-0.15, -0.1) is 0 Å². The second kappa shape index (κ2) is 9.56. The van der Waals surface area contributed by atoms with Gasteiger partial charge < -0.3 is 19.4 Å². The lowest BCUT2D eigenvalue weighted by molar-refractivity contribution is -0.959. The van der Waals surface area contributed by atoms with Crippen LogP contribution in [0.15, 0.2) is 63.8 Å². The highest BCUT2D eigenvalue weighted by molar-refractivity contribution is 5.80. The van der Waals surface area contributed by atoms with Crippen molar-refractivity contribution in [3.8, 4) is 0 Å². The number of quaternary nitrogens is 2. The van der Waals surface area contributed by atoms with Gasteiger partial charge in [0.05, 0.1) is 13.2 Å². The lowest BCUT2D eigenvalue weighted by atomic mass is 9.97. The zero-order valence-electron chi connectivity index (χ0n) is 17.9. The minimum Gasteiger partial charge on any atom is -0.423 e. The summed E-state index contributed by atoms with van der Waals surface area (Å²) in [5.74, 6) is 0. The molecule has 1 aliphatic heterocycles. The molecule has 30 heavy (non-hydrogen) atoms. The molecule has 0 aliphatic carbocycles. The van der Waals surface area contributed by atoms with E-state index in [1.807, 2.05) is 6.07 Å². The Labute approximate surface area is 177 Å². The maximum atomic E-state index is 12.2. The molecule has 0 radical (unpaired) electrons. The number of morpholine rings is 1. The molecule has 1 aromatic heterocycles. The molecule has 1 aliphatic rings. The average Bonchev–Trinajstić information content (AvgIpc) is 2.78. The minimum absolute atomic E-state index is 0.273. The number of aryl methyl sites for hydroxylation is 1. The molecular formula is C25H32N2O3+2. The number of ether oxygens (including phenoxy) is 1. The molecular weight excluding hydrogens is 376 g/mol. The van der Waals surface area contributed by atoms with E-state index in [2.05, 4.69) is 61.6 Å². The normalized spacial score (nSPS) is 17.1. The number of fused-ring (bicyclic) bond motifs is 1. The van der Waals surface area contributed by atoms with Crippen LogP contribution >= 0.6 is 0 Å². The van der Waals surface area contributed by atoms with Crippen LogP contribution in [0.1, 0.15) is 36.6 Å². The molecule has 1 saturated heterocycles. The first-order valence-electron chi connectivity index (χ1n) is 11.0. The zero-order valence-corrected chi connectivity index (χ0v) is 17.9. The minimum atomic E-state index is -0.273. The number of nitrogens with one attached hydrogen (secondary N) is 1. The lowest BCUT2D eigenvalue weighted by Gasteiger charge is -2.34. The first kappa shape index (κ1) is 20.8. The SMILES string of the molecule is CCc1ccc2c(C[NH2+][C@@H](C)[C@H](c3ccccc3)[NH+]3CCOCC3)cc(=O)oc2c1. The second-order valence-corrected chi connectivity index (χ2v) is 8.23. The predicted molar refractivity (Wildman–Crippen MR) is 118 cm³/mol. The first-order chi connectivity index (χ1) is 14.7. The van der Waals surface area contributed by atoms with E-state index in [9.17, 15) is 4.79 Å². The van der Waals surface area contributed by atoms with Crippen LogP contribution in [0.2, 0.25) is 0 Å². The fraction of sp³-hybridized carbons (Fsp3) is 0.400. The Morgan fingerprint density at radius 2 is 1.83 bits per heavy atom. The van der Waals surface area contributed by atoms with Crippen molar-refractivity contribution < 1.29 is 19.4 Å². The molecule has 0 saturated carbocycles. The molecule has 3 aromatic rings. The quantitative estimate of drug-likeness (QED) is 0.582. The third kappa shape index (κ3) is 4.64. The smallest absolute Gasteiger partial charge is 0.336 e. The number of hydrogen-bond donors (Lipinski definition) is 2. The summed E-state index contributed by atoms with van der Waals surface area (Å²) in [5, 5.41) is 3.40. The van der Waals surface area contributed by atoms with Gasteiger partial charge in [-0.25, -0.2) is 4.79 Å². The molecule has 2 atom stereocenters. The molecule has 2 aromatic carbocycles. The molecule has 0 unspecified atom stereocenters. The molecule has 3 N–H and O–H groups in total. The number of rotatable bonds is 7. The van der Waals surface area contributed by atoms with Crippen molar-refractivity contribution in [3.63, 3.8) is 0 Å². The van der Waals surface area contributed by atoms with Crippen LogP contribution in [0, 0.1) is 0 Å². The van der Waals surface area contributed by atoms with Crippen molar-refractivity contribution in [3.05, 3.63) is 81.7 Å². The monoisotopic (exact) mass is 408 g/mol. The van der Waals surface area contributed by atoms with Crippen LogP contribution in [0.5, 0.6) is 0 Å². The number of nitrogens with two attached hydrogens (primary N) is 1. The molecule has 5 nitrogen and oxygen atoms in total. The van der Waals surface area contributed by atoms with Gasteiger partial charge in [0.15, 0.2) is 6.04 Å². The highest BCUT2D eigenvalue weighted by atomic mass is 16.5. The van der Waals surface area contributed by atoms with E-state index < -0.39 is 0 Å². The van der Waals surface area contributed by atoms with Crippen LogP contribution in [-0.4, -0.2) is 32.3 Å². The van der Waals surface area contributed by atoms with Crippen molar-refractivity contribution >= 4 is 11.0 Å². The summed E-state index contributed by atoms with van der Waals surface area (Å²) in [7, 11) is 0. The van der Waals surface area contributed by atoms with Gasteiger partial charge in [0.25, 0.3) is 0 Å². The second-order valence-electron chi connectivity index (χ2n) is 8.23. The Kier molecular flexibility index (Phi) is 6.62. The van der Waals surface area contributed by atoms with E-state index in [4.69, 9.17) is 9.15 Å². The third-order valence-electron chi connectivity index (χ3n) is 6.27. The fourth-order valence-electron chi connectivity index (χ4n) is 4.63. The predicted octanol–water partition coefficient (Wildman–Crippen LogP) is 1.46. The summed E-state index contributed by atoms with van der Waals surface area (Å²) in [4.78, 5) is 13.7. The van der Waals surface area contributed by atoms with Crippen molar-refractivity contribution in [1.82, 2.24) is 0 Å². The van der Waals surface area contributed by atoms with Gasteiger partial charge >= 0.3 is 5.63 Å². The van der Waals surface area contributed by atoms with E-state index in [0.717, 1.165) is 50.2 Å². The van der Waals surface area contributed by atoms with E-state index >= 15 is 0 Å². The molecule has 0 amide bonds. The van der Waals surface area contributed by atoms with Crippen molar-refractivity contribution in [2.24, 2.45) is 0 Å².